The monoisotopic (exact) mass is 591 g/mol. The standard InChI is InChI=1S/C25H26F3N7OS2.C2H6/c1-15-23(38-16(2)34-15)20(29-3)13-37-14-33-21-5-4-18(10-30-21)22(36)17-6-8-35(9-7-17)24-31-11-19(12-32-24)25(26,27)28;1-2/h4-5,10-13,17H,3,6-9,14H2,1-2H3,(H,30,33);1-2H3/b20-13-;. The highest BCUT2D eigenvalue weighted by atomic mass is 32.2. The number of ketones is 1. The Morgan fingerprint density at radius 2 is 1.85 bits per heavy atom. The fraction of sp³-hybridized carbons (Fsp3) is 0.407. The van der Waals surface area contributed by atoms with E-state index in [1.807, 2.05) is 33.1 Å². The highest BCUT2D eigenvalue weighted by Crippen LogP contribution is 2.30. The molecule has 214 valence electrons. The Hall–Kier alpha value is -3.32. The van der Waals surface area contributed by atoms with Gasteiger partial charge in [0.1, 0.15) is 5.82 Å². The van der Waals surface area contributed by atoms with Gasteiger partial charge < -0.3 is 10.2 Å². The average molecular weight is 592 g/mol. The number of hydrogen-bond acceptors (Lipinski definition) is 10. The maximum atomic E-state index is 13.0. The van der Waals surface area contributed by atoms with Gasteiger partial charge in [-0.2, -0.15) is 13.2 Å². The zero-order valence-corrected chi connectivity index (χ0v) is 24.5. The fourth-order valence-electron chi connectivity index (χ4n) is 4.02. The summed E-state index contributed by atoms with van der Waals surface area (Å²) in [7, 11) is 0. The Morgan fingerprint density at radius 3 is 2.38 bits per heavy atom. The van der Waals surface area contributed by atoms with Crippen molar-refractivity contribution >= 4 is 53.1 Å². The Morgan fingerprint density at radius 1 is 1.18 bits per heavy atom. The van der Waals surface area contributed by atoms with Crippen LogP contribution in [0.15, 0.2) is 41.1 Å². The van der Waals surface area contributed by atoms with E-state index < -0.39 is 11.7 Å². The van der Waals surface area contributed by atoms with Gasteiger partial charge in [0.25, 0.3) is 0 Å². The molecule has 0 atom stereocenters. The van der Waals surface area contributed by atoms with Crippen LogP contribution in [0.1, 0.15) is 58.2 Å². The summed E-state index contributed by atoms with van der Waals surface area (Å²) in [6.07, 6.45) is -0.215. The number of aryl methyl sites for hydroxylation is 2. The Bertz CT molecular complexity index is 1300. The normalized spacial score (nSPS) is 14.4. The SMILES string of the molecule is C=N/C(=C\SCNc1ccc(C(=O)C2CCN(c3ncc(C(F)(F)F)cn3)CC2)cn1)c1sc(C)nc1C.CC. The number of aromatic nitrogens is 4. The molecule has 13 heteroatoms. The maximum absolute atomic E-state index is 13.0. The van der Waals surface area contributed by atoms with Crippen LogP contribution in [0.25, 0.3) is 5.70 Å². The number of carbonyl (C=O) groups excluding carboxylic acids is 1. The topological polar surface area (TPSA) is 96.3 Å². The lowest BCUT2D eigenvalue weighted by molar-refractivity contribution is -0.138. The molecule has 40 heavy (non-hydrogen) atoms. The van der Waals surface area contributed by atoms with E-state index >= 15 is 0 Å². The van der Waals surface area contributed by atoms with E-state index in [4.69, 9.17) is 0 Å². The van der Waals surface area contributed by atoms with E-state index in [1.165, 1.54) is 11.8 Å². The number of nitrogens with one attached hydrogen (secondary N) is 1. The summed E-state index contributed by atoms with van der Waals surface area (Å²) < 4.78 is 38.2. The van der Waals surface area contributed by atoms with Crippen LogP contribution in [0.5, 0.6) is 0 Å². The molecule has 3 aromatic rings. The molecule has 4 heterocycles. The minimum atomic E-state index is -4.47. The molecule has 0 aliphatic carbocycles. The highest BCUT2D eigenvalue weighted by molar-refractivity contribution is 8.02. The molecule has 0 amide bonds. The van der Waals surface area contributed by atoms with Crippen LogP contribution in [0.4, 0.5) is 24.9 Å². The first-order chi connectivity index (χ1) is 19.2. The summed E-state index contributed by atoms with van der Waals surface area (Å²) in [6, 6.07) is 3.52. The Balaban J connectivity index is 0.00000216. The Kier molecular flexibility index (Phi) is 11.2. The fourth-order valence-corrected chi connectivity index (χ4v) is 5.66. The van der Waals surface area contributed by atoms with E-state index in [9.17, 15) is 18.0 Å². The van der Waals surface area contributed by atoms with Gasteiger partial charge >= 0.3 is 6.18 Å². The number of hydrogen-bond donors (Lipinski definition) is 1. The lowest BCUT2D eigenvalue weighted by atomic mass is 9.89. The van der Waals surface area contributed by atoms with E-state index in [1.54, 1.807) is 34.6 Å². The summed E-state index contributed by atoms with van der Waals surface area (Å²) in [5, 5.41) is 6.12. The number of thiazole rings is 1. The molecule has 8 nitrogen and oxygen atoms in total. The van der Waals surface area contributed by atoms with Gasteiger partial charge in [0.15, 0.2) is 5.78 Å². The number of carbonyl (C=O) groups is 1. The quantitative estimate of drug-likeness (QED) is 0.124. The molecule has 4 rings (SSSR count). The molecule has 0 bridgehead atoms. The molecule has 1 saturated heterocycles. The smallest absolute Gasteiger partial charge is 0.361 e. The van der Waals surface area contributed by atoms with Crippen molar-refractivity contribution in [1.29, 1.82) is 0 Å². The van der Waals surface area contributed by atoms with E-state index in [-0.39, 0.29) is 17.6 Å². The molecule has 0 saturated carbocycles. The van der Waals surface area contributed by atoms with Gasteiger partial charge in [0.2, 0.25) is 5.95 Å². The average Bonchev–Trinajstić information content (AvgIpc) is 3.31. The summed E-state index contributed by atoms with van der Waals surface area (Å²) in [6.45, 7) is 12.5. The number of Topliss-reactive ketones (excluding diaryl/α,β-unsaturated/α-hetero) is 1. The second-order valence-electron chi connectivity index (χ2n) is 8.62. The summed E-state index contributed by atoms with van der Waals surface area (Å²) in [4.78, 5) is 36.4. The van der Waals surface area contributed by atoms with Crippen LogP contribution >= 0.6 is 23.1 Å². The lowest BCUT2D eigenvalue weighted by Gasteiger charge is -2.31. The van der Waals surface area contributed by atoms with E-state index in [2.05, 4.69) is 37.0 Å². The second kappa shape index (κ2) is 14.4. The number of aliphatic imine (C=N–C) groups is 1. The zero-order chi connectivity index (χ0) is 29.3. The number of halogens is 3. The minimum Gasteiger partial charge on any atom is -0.361 e. The van der Waals surface area contributed by atoms with Crippen LogP contribution in [-0.4, -0.2) is 51.4 Å². The summed E-state index contributed by atoms with van der Waals surface area (Å²) in [5.41, 5.74) is 1.36. The third-order valence-corrected chi connectivity index (χ3v) is 7.80. The number of thioether (sulfide) groups is 1. The molecular weight excluding hydrogens is 559 g/mol. The van der Waals surface area contributed by atoms with Crippen LogP contribution in [0.3, 0.4) is 0 Å². The largest absolute Gasteiger partial charge is 0.419 e. The first kappa shape index (κ1) is 31.2. The number of pyridine rings is 1. The number of piperidine rings is 1. The van der Waals surface area contributed by atoms with Crippen molar-refractivity contribution < 1.29 is 18.0 Å². The van der Waals surface area contributed by atoms with Crippen LogP contribution in [0, 0.1) is 19.8 Å². The van der Waals surface area contributed by atoms with Crippen molar-refractivity contribution in [2.24, 2.45) is 10.9 Å². The molecule has 0 radical (unpaired) electrons. The van der Waals surface area contributed by atoms with Crippen molar-refractivity contribution in [1.82, 2.24) is 19.9 Å². The summed E-state index contributed by atoms with van der Waals surface area (Å²) in [5.74, 6) is 1.26. The highest BCUT2D eigenvalue weighted by Gasteiger charge is 2.32. The molecular formula is C27H32F3N7OS2. The molecule has 0 unspecified atom stereocenters. The molecule has 1 aliphatic rings. The van der Waals surface area contributed by atoms with Gasteiger partial charge in [-0.05, 0) is 50.9 Å². The van der Waals surface area contributed by atoms with Crippen molar-refractivity contribution in [2.45, 2.75) is 46.7 Å². The van der Waals surface area contributed by atoms with Crippen molar-refractivity contribution in [3.8, 4) is 0 Å². The molecule has 1 aliphatic heterocycles. The van der Waals surface area contributed by atoms with Gasteiger partial charge in [0, 0.05) is 43.2 Å². The second-order valence-corrected chi connectivity index (χ2v) is 10.7. The van der Waals surface area contributed by atoms with Crippen molar-refractivity contribution in [3.05, 3.63) is 62.8 Å². The van der Waals surface area contributed by atoms with Gasteiger partial charge in [0.05, 0.1) is 32.7 Å². The van der Waals surface area contributed by atoms with Gasteiger partial charge in [-0.1, -0.05) is 13.8 Å². The molecule has 0 aromatic carbocycles. The van der Waals surface area contributed by atoms with Crippen LogP contribution < -0.4 is 10.2 Å². The first-order valence-electron chi connectivity index (χ1n) is 12.8. The molecule has 3 aromatic heterocycles. The van der Waals surface area contributed by atoms with Gasteiger partial charge in [-0.15, -0.1) is 23.1 Å². The number of nitrogens with zero attached hydrogens (tertiary/aromatic N) is 6. The van der Waals surface area contributed by atoms with Crippen LogP contribution in [0.2, 0.25) is 0 Å². The predicted octanol–water partition coefficient (Wildman–Crippen LogP) is 6.89. The third kappa shape index (κ3) is 8.10. The number of alkyl halides is 3. The van der Waals surface area contributed by atoms with Crippen LogP contribution in [-0.2, 0) is 6.18 Å². The van der Waals surface area contributed by atoms with Crippen molar-refractivity contribution in [2.75, 3.05) is 29.2 Å². The summed E-state index contributed by atoms with van der Waals surface area (Å²) >= 11 is 3.10. The number of anilines is 2. The first-order valence-corrected chi connectivity index (χ1v) is 14.6. The zero-order valence-electron chi connectivity index (χ0n) is 22.8. The maximum Gasteiger partial charge on any atom is 0.419 e. The number of rotatable bonds is 9. The molecule has 1 N–H and O–H groups in total. The minimum absolute atomic E-state index is 0.00580. The van der Waals surface area contributed by atoms with E-state index in [0.717, 1.165) is 33.7 Å². The predicted molar refractivity (Wildman–Crippen MR) is 157 cm³/mol. The third-order valence-electron chi connectivity index (χ3n) is 6.00. The molecule has 1 fully saturated rings. The van der Waals surface area contributed by atoms with Gasteiger partial charge in [-0.25, -0.2) is 19.9 Å². The van der Waals surface area contributed by atoms with E-state index in [0.29, 0.717) is 43.2 Å². The molecule has 0 spiro atoms. The van der Waals surface area contributed by atoms with Gasteiger partial charge in [-0.3, -0.25) is 9.79 Å². The lowest BCUT2D eigenvalue weighted by Crippen LogP contribution is -2.37. The Labute approximate surface area is 240 Å². The van der Waals surface area contributed by atoms with Crippen molar-refractivity contribution in [3.63, 3.8) is 0 Å².